The number of rotatable bonds is 8. The van der Waals surface area contributed by atoms with Crippen LogP contribution in [-0.2, 0) is 10.0 Å². The second-order valence-corrected chi connectivity index (χ2v) is 7.46. The summed E-state index contributed by atoms with van der Waals surface area (Å²) < 4.78 is 27.9. The summed E-state index contributed by atoms with van der Waals surface area (Å²) in [6.07, 6.45) is 3.83. The number of nitrogens with two attached hydrogens (primary N) is 1. The van der Waals surface area contributed by atoms with E-state index in [0.29, 0.717) is 18.3 Å². The Hall–Kier alpha value is -2.45. The van der Waals surface area contributed by atoms with Crippen LogP contribution in [0.4, 0.5) is 5.82 Å². The highest BCUT2D eigenvalue weighted by Gasteiger charge is 2.07. The first-order valence-electron chi connectivity index (χ1n) is 7.85. The number of hydrazone groups is 1. The third-order valence-corrected chi connectivity index (χ3v) is 4.20. The number of nitrogens with zero attached hydrogens (tertiary/aromatic N) is 2. The number of hydrogen-bond donors (Lipinski definition) is 2. The number of hydrogen-bond acceptors (Lipinski definition) is 6. The minimum absolute atomic E-state index is 0.0462. The molecule has 7 nitrogen and oxygen atoms in total. The third kappa shape index (κ3) is 6.52. The lowest BCUT2D eigenvalue weighted by atomic mass is 10.1. The topological polar surface area (TPSA) is 107 Å². The molecule has 2 aromatic rings. The number of aromatic nitrogens is 1. The summed E-state index contributed by atoms with van der Waals surface area (Å²) in [4.78, 5) is 3.89. The van der Waals surface area contributed by atoms with Crippen molar-refractivity contribution >= 4 is 22.1 Å². The van der Waals surface area contributed by atoms with Crippen LogP contribution in [0.15, 0.2) is 52.6 Å². The highest BCUT2D eigenvalue weighted by atomic mass is 32.2. The maximum atomic E-state index is 11.1. The Morgan fingerprint density at radius 1 is 1.24 bits per heavy atom. The average molecular weight is 362 g/mol. The van der Waals surface area contributed by atoms with Crippen molar-refractivity contribution in [2.75, 3.05) is 12.0 Å². The standard InChI is InChI=1S/C17H22N4O3S/c1-13(2)9-10-24-15-5-3-14(4-6-15)11-20-21-17-8-7-16(12-19-17)25(18,22)23/h3-8,11-13H,9-10H2,1-2H3,(H,19,21)(H2,18,22,23)/b20-11+. The highest BCUT2D eigenvalue weighted by molar-refractivity contribution is 7.89. The molecule has 0 aliphatic carbocycles. The van der Waals surface area contributed by atoms with Crippen LogP contribution in [0.1, 0.15) is 25.8 Å². The van der Waals surface area contributed by atoms with E-state index >= 15 is 0 Å². The Kier molecular flexibility index (Phi) is 6.49. The predicted octanol–water partition coefficient (Wildman–Crippen LogP) is 2.60. The average Bonchev–Trinajstić information content (AvgIpc) is 2.56. The fourth-order valence-electron chi connectivity index (χ4n) is 1.85. The first kappa shape index (κ1) is 18.9. The molecule has 0 unspecified atom stereocenters. The molecule has 0 bridgehead atoms. The zero-order valence-corrected chi connectivity index (χ0v) is 15.0. The molecule has 2 rings (SSSR count). The number of sulfonamides is 1. The molecule has 1 heterocycles. The van der Waals surface area contributed by atoms with Gasteiger partial charge in [-0.3, -0.25) is 5.43 Å². The molecule has 0 spiro atoms. The summed E-state index contributed by atoms with van der Waals surface area (Å²) in [5, 5.41) is 9.07. The Morgan fingerprint density at radius 2 is 1.96 bits per heavy atom. The van der Waals surface area contributed by atoms with Crippen LogP contribution < -0.4 is 15.3 Å². The van der Waals surface area contributed by atoms with Crippen molar-refractivity contribution in [2.24, 2.45) is 16.2 Å². The van der Waals surface area contributed by atoms with Crippen LogP contribution in [0.2, 0.25) is 0 Å². The van der Waals surface area contributed by atoms with Gasteiger partial charge in [0.15, 0.2) is 0 Å². The molecule has 3 N–H and O–H groups in total. The maximum Gasteiger partial charge on any atom is 0.239 e. The predicted molar refractivity (Wildman–Crippen MR) is 98.2 cm³/mol. The second-order valence-electron chi connectivity index (χ2n) is 5.89. The molecule has 25 heavy (non-hydrogen) atoms. The van der Waals surface area contributed by atoms with Gasteiger partial charge in [0, 0.05) is 6.20 Å². The Balaban J connectivity index is 1.87. The van der Waals surface area contributed by atoms with Gasteiger partial charge in [0.2, 0.25) is 10.0 Å². The van der Waals surface area contributed by atoms with Crippen LogP contribution in [0.25, 0.3) is 0 Å². The molecule has 0 saturated heterocycles. The number of benzene rings is 1. The van der Waals surface area contributed by atoms with Crippen LogP contribution in [-0.4, -0.2) is 26.2 Å². The lowest BCUT2D eigenvalue weighted by Crippen LogP contribution is -2.12. The van der Waals surface area contributed by atoms with Gasteiger partial charge in [-0.1, -0.05) is 13.8 Å². The third-order valence-electron chi connectivity index (χ3n) is 3.30. The van der Waals surface area contributed by atoms with Gasteiger partial charge in [0.1, 0.15) is 16.5 Å². The monoisotopic (exact) mass is 362 g/mol. The molecule has 134 valence electrons. The van der Waals surface area contributed by atoms with Crippen LogP contribution >= 0.6 is 0 Å². The van der Waals surface area contributed by atoms with Crippen molar-refractivity contribution in [3.05, 3.63) is 48.2 Å². The zero-order chi connectivity index (χ0) is 18.3. The Labute approximate surface area is 148 Å². The molecular weight excluding hydrogens is 340 g/mol. The summed E-state index contributed by atoms with van der Waals surface area (Å²) >= 11 is 0. The molecule has 0 aliphatic heterocycles. The molecular formula is C17H22N4O3S. The van der Waals surface area contributed by atoms with E-state index in [-0.39, 0.29) is 4.90 Å². The molecule has 1 aromatic carbocycles. The van der Waals surface area contributed by atoms with Crippen LogP contribution in [0, 0.1) is 5.92 Å². The number of anilines is 1. The van der Waals surface area contributed by atoms with Crippen molar-refractivity contribution in [2.45, 2.75) is 25.2 Å². The zero-order valence-electron chi connectivity index (χ0n) is 14.2. The largest absolute Gasteiger partial charge is 0.494 e. The first-order chi connectivity index (χ1) is 11.8. The highest BCUT2D eigenvalue weighted by Crippen LogP contribution is 2.13. The van der Waals surface area contributed by atoms with Gasteiger partial charge in [-0.15, -0.1) is 0 Å². The van der Waals surface area contributed by atoms with Crippen LogP contribution in [0.3, 0.4) is 0 Å². The minimum atomic E-state index is -3.74. The summed E-state index contributed by atoms with van der Waals surface area (Å²) in [6.45, 7) is 5.02. The van der Waals surface area contributed by atoms with E-state index < -0.39 is 10.0 Å². The van der Waals surface area contributed by atoms with Gasteiger partial charge in [-0.2, -0.15) is 5.10 Å². The van der Waals surface area contributed by atoms with Crippen molar-refractivity contribution in [1.29, 1.82) is 0 Å². The van der Waals surface area contributed by atoms with E-state index in [2.05, 4.69) is 29.4 Å². The lowest BCUT2D eigenvalue weighted by molar-refractivity contribution is 0.289. The van der Waals surface area contributed by atoms with E-state index in [4.69, 9.17) is 9.88 Å². The summed E-state index contributed by atoms with van der Waals surface area (Å²) in [6, 6.07) is 10.4. The lowest BCUT2D eigenvalue weighted by Gasteiger charge is -2.07. The quantitative estimate of drug-likeness (QED) is 0.554. The molecule has 0 atom stereocenters. The summed E-state index contributed by atoms with van der Waals surface area (Å²) in [7, 11) is -3.74. The van der Waals surface area contributed by atoms with Gasteiger partial charge in [-0.25, -0.2) is 18.5 Å². The van der Waals surface area contributed by atoms with Crippen LogP contribution in [0.5, 0.6) is 5.75 Å². The molecule has 1 aromatic heterocycles. The smallest absolute Gasteiger partial charge is 0.239 e. The van der Waals surface area contributed by atoms with Crippen molar-refractivity contribution in [3.8, 4) is 5.75 Å². The molecule has 0 fully saturated rings. The number of nitrogens with one attached hydrogen (secondary N) is 1. The minimum Gasteiger partial charge on any atom is -0.494 e. The number of pyridine rings is 1. The Morgan fingerprint density at radius 3 is 2.52 bits per heavy atom. The first-order valence-corrected chi connectivity index (χ1v) is 9.40. The van der Waals surface area contributed by atoms with Gasteiger partial charge >= 0.3 is 0 Å². The molecule has 0 amide bonds. The maximum absolute atomic E-state index is 11.1. The van der Waals surface area contributed by atoms with E-state index in [9.17, 15) is 8.42 Å². The van der Waals surface area contributed by atoms with E-state index in [1.807, 2.05) is 24.3 Å². The summed E-state index contributed by atoms with van der Waals surface area (Å²) in [5.74, 6) is 1.86. The van der Waals surface area contributed by atoms with Gasteiger partial charge in [0.05, 0.1) is 12.8 Å². The van der Waals surface area contributed by atoms with Crippen molar-refractivity contribution in [3.63, 3.8) is 0 Å². The van der Waals surface area contributed by atoms with Gasteiger partial charge in [-0.05, 0) is 54.3 Å². The summed E-state index contributed by atoms with van der Waals surface area (Å²) in [5.41, 5.74) is 3.62. The molecule has 0 saturated carbocycles. The Bertz CT molecular complexity index is 801. The van der Waals surface area contributed by atoms with Gasteiger partial charge in [0.25, 0.3) is 0 Å². The van der Waals surface area contributed by atoms with E-state index in [1.165, 1.54) is 18.3 Å². The molecule has 0 aliphatic rings. The number of primary sulfonamides is 1. The number of ether oxygens (including phenoxy) is 1. The second kappa shape index (κ2) is 8.59. The fourth-order valence-corrected chi connectivity index (χ4v) is 2.31. The van der Waals surface area contributed by atoms with Crippen molar-refractivity contribution in [1.82, 2.24) is 4.98 Å². The molecule has 8 heteroatoms. The van der Waals surface area contributed by atoms with E-state index in [0.717, 1.165) is 17.7 Å². The normalized spacial score (nSPS) is 11.8. The fraction of sp³-hybridized carbons (Fsp3) is 0.294. The SMILES string of the molecule is CC(C)CCOc1ccc(/C=N/Nc2ccc(S(N)(=O)=O)cn2)cc1. The van der Waals surface area contributed by atoms with Gasteiger partial charge < -0.3 is 4.74 Å². The van der Waals surface area contributed by atoms with Crippen molar-refractivity contribution < 1.29 is 13.2 Å². The molecule has 0 radical (unpaired) electrons. The van der Waals surface area contributed by atoms with E-state index in [1.54, 1.807) is 6.21 Å².